The minimum absolute atomic E-state index is 0.0549. The number of carbonyl (C=O) groups excluding carboxylic acids is 1. The van der Waals surface area contributed by atoms with Crippen molar-refractivity contribution in [3.8, 4) is 17.0 Å². The van der Waals surface area contributed by atoms with Gasteiger partial charge in [-0.1, -0.05) is 12.1 Å². The van der Waals surface area contributed by atoms with E-state index in [1.165, 1.54) is 11.3 Å². The van der Waals surface area contributed by atoms with Crippen LogP contribution in [0.25, 0.3) is 11.3 Å². The van der Waals surface area contributed by atoms with Gasteiger partial charge in [-0.3, -0.25) is 9.36 Å². The smallest absolute Gasteiger partial charge is 0.367 e. The molecule has 0 saturated heterocycles. The van der Waals surface area contributed by atoms with Gasteiger partial charge in [0.2, 0.25) is 5.78 Å². The summed E-state index contributed by atoms with van der Waals surface area (Å²) in [6, 6.07) is 5.20. The number of fused-ring (bicyclic) bond motifs is 3. The predicted octanol–water partition coefficient (Wildman–Crippen LogP) is 3.96. The maximum atomic E-state index is 12.5. The number of rotatable bonds is 7. The number of nitrogens with zero attached hydrogens (tertiary/aromatic N) is 1. The number of ketones is 1. The Bertz CT molecular complexity index is 778. The standard InChI is InChI=1S/C15H16NO5PS/c1-3-20-22(18,21-4-2)9-19-11-7-5-6-10-12(11)13-15(14(10)17)23-8-16-13/h5-8H,3-4,9H2,1-2H3. The fraction of sp³-hybridized carbons (Fsp3) is 0.333. The van der Waals surface area contributed by atoms with Gasteiger partial charge in [0.1, 0.15) is 10.6 Å². The zero-order valence-corrected chi connectivity index (χ0v) is 14.5. The van der Waals surface area contributed by atoms with Crippen LogP contribution in [0.2, 0.25) is 0 Å². The second-order valence-electron chi connectivity index (χ2n) is 4.76. The van der Waals surface area contributed by atoms with Crippen LogP contribution in [0, 0.1) is 0 Å². The van der Waals surface area contributed by atoms with Crippen LogP contribution in [0.3, 0.4) is 0 Å². The van der Waals surface area contributed by atoms with E-state index in [2.05, 4.69) is 4.98 Å². The van der Waals surface area contributed by atoms with E-state index in [0.717, 1.165) is 0 Å². The average Bonchev–Trinajstić information content (AvgIpc) is 3.10. The molecule has 1 heterocycles. The molecule has 0 aliphatic heterocycles. The number of aromatic nitrogens is 1. The minimum Gasteiger partial charge on any atom is -0.480 e. The summed E-state index contributed by atoms with van der Waals surface area (Å²) >= 11 is 1.30. The molecule has 0 radical (unpaired) electrons. The van der Waals surface area contributed by atoms with Gasteiger partial charge in [0.05, 0.1) is 30.0 Å². The van der Waals surface area contributed by atoms with Crippen molar-refractivity contribution < 1.29 is 23.1 Å². The van der Waals surface area contributed by atoms with Crippen LogP contribution in [0.1, 0.15) is 29.1 Å². The molecule has 0 saturated carbocycles. The van der Waals surface area contributed by atoms with E-state index in [0.29, 0.717) is 27.4 Å². The quantitative estimate of drug-likeness (QED) is 0.599. The van der Waals surface area contributed by atoms with Crippen LogP contribution in [-0.2, 0) is 13.6 Å². The summed E-state index contributed by atoms with van der Waals surface area (Å²) < 4.78 is 28.6. The van der Waals surface area contributed by atoms with E-state index in [9.17, 15) is 9.36 Å². The lowest BCUT2D eigenvalue weighted by Crippen LogP contribution is -2.06. The summed E-state index contributed by atoms with van der Waals surface area (Å²) in [6.07, 6.45) is -0.210. The van der Waals surface area contributed by atoms with E-state index in [1.807, 2.05) is 0 Å². The zero-order chi connectivity index (χ0) is 16.4. The first-order valence-corrected chi connectivity index (χ1v) is 9.83. The third kappa shape index (κ3) is 2.97. The molecular weight excluding hydrogens is 337 g/mol. The molecule has 0 fully saturated rings. The van der Waals surface area contributed by atoms with E-state index >= 15 is 0 Å². The summed E-state index contributed by atoms with van der Waals surface area (Å²) in [5.74, 6) is 0.404. The molecule has 0 unspecified atom stereocenters. The van der Waals surface area contributed by atoms with Crippen LogP contribution >= 0.6 is 18.9 Å². The van der Waals surface area contributed by atoms with Crippen molar-refractivity contribution in [2.75, 3.05) is 19.6 Å². The Morgan fingerprint density at radius 3 is 2.65 bits per heavy atom. The first kappa shape index (κ1) is 16.3. The Morgan fingerprint density at radius 2 is 1.96 bits per heavy atom. The molecule has 0 atom stereocenters. The number of carbonyl (C=O) groups is 1. The summed E-state index contributed by atoms with van der Waals surface area (Å²) in [4.78, 5) is 17.2. The molecule has 0 amide bonds. The Morgan fingerprint density at radius 1 is 1.22 bits per heavy atom. The zero-order valence-electron chi connectivity index (χ0n) is 12.8. The molecule has 1 aromatic carbocycles. The van der Waals surface area contributed by atoms with Crippen molar-refractivity contribution in [3.05, 3.63) is 34.2 Å². The van der Waals surface area contributed by atoms with Crippen LogP contribution in [0.5, 0.6) is 5.75 Å². The van der Waals surface area contributed by atoms with Gasteiger partial charge in [-0.2, -0.15) is 0 Å². The normalized spacial score (nSPS) is 13.0. The number of benzene rings is 1. The highest BCUT2D eigenvalue weighted by Crippen LogP contribution is 2.49. The fourth-order valence-corrected chi connectivity index (χ4v) is 4.50. The summed E-state index contributed by atoms with van der Waals surface area (Å²) in [6.45, 7) is 4.02. The van der Waals surface area contributed by atoms with E-state index in [-0.39, 0.29) is 25.3 Å². The maximum Gasteiger partial charge on any atom is 0.367 e. The van der Waals surface area contributed by atoms with E-state index in [1.54, 1.807) is 37.6 Å². The van der Waals surface area contributed by atoms with Gasteiger partial charge in [-0.05, 0) is 19.9 Å². The van der Waals surface area contributed by atoms with Gasteiger partial charge in [-0.15, -0.1) is 11.3 Å². The molecular formula is C15H16NO5PS. The van der Waals surface area contributed by atoms with Crippen molar-refractivity contribution in [1.29, 1.82) is 0 Å². The number of thiazole rings is 1. The van der Waals surface area contributed by atoms with Gasteiger partial charge in [0.15, 0.2) is 6.35 Å². The number of hydrogen-bond donors (Lipinski definition) is 0. The highest BCUT2D eigenvalue weighted by Gasteiger charge is 2.33. The first-order valence-electron chi connectivity index (χ1n) is 7.22. The Labute approximate surface area is 137 Å². The molecule has 0 spiro atoms. The van der Waals surface area contributed by atoms with Gasteiger partial charge in [0.25, 0.3) is 0 Å². The second-order valence-corrected chi connectivity index (χ2v) is 7.61. The van der Waals surface area contributed by atoms with Crippen LogP contribution in [-0.4, -0.2) is 30.3 Å². The molecule has 8 heteroatoms. The topological polar surface area (TPSA) is 74.7 Å². The van der Waals surface area contributed by atoms with Gasteiger partial charge >= 0.3 is 7.60 Å². The molecule has 1 aliphatic carbocycles. The van der Waals surface area contributed by atoms with Crippen molar-refractivity contribution in [1.82, 2.24) is 4.98 Å². The van der Waals surface area contributed by atoms with Crippen LogP contribution in [0.15, 0.2) is 23.7 Å². The van der Waals surface area contributed by atoms with E-state index in [4.69, 9.17) is 13.8 Å². The summed E-state index contributed by atoms with van der Waals surface area (Å²) in [5, 5.41) is 0. The summed E-state index contributed by atoms with van der Waals surface area (Å²) in [7, 11) is -3.32. The lowest BCUT2D eigenvalue weighted by Gasteiger charge is -2.18. The van der Waals surface area contributed by atoms with Gasteiger partial charge < -0.3 is 13.8 Å². The molecule has 6 nitrogen and oxygen atoms in total. The summed E-state index contributed by atoms with van der Waals surface area (Å²) in [5.41, 5.74) is 3.45. The second kappa shape index (κ2) is 6.53. The van der Waals surface area contributed by atoms with Crippen molar-refractivity contribution in [2.45, 2.75) is 13.8 Å². The largest absolute Gasteiger partial charge is 0.480 e. The molecule has 3 rings (SSSR count). The monoisotopic (exact) mass is 353 g/mol. The molecule has 122 valence electrons. The SMILES string of the molecule is CCOP(=O)(COc1cccc2c1-c1ncsc1C2=O)OCC. The average molecular weight is 353 g/mol. The van der Waals surface area contributed by atoms with Crippen molar-refractivity contribution >= 4 is 24.7 Å². The third-order valence-corrected chi connectivity index (χ3v) is 5.88. The molecule has 0 N–H and O–H groups in total. The Hall–Kier alpha value is -1.53. The molecule has 2 aromatic rings. The van der Waals surface area contributed by atoms with Crippen molar-refractivity contribution in [2.24, 2.45) is 0 Å². The molecule has 1 aliphatic rings. The molecule has 1 aromatic heterocycles. The predicted molar refractivity (Wildman–Crippen MR) is 87.3 cm³/mol. The fourth-order valence-electron chi connectivity index (χ4n) is 2.45. The van der Waals surface area contributed by atoms with Gasteiger partial charge in [-0.25, -0.2) is 4.98 Å². The lowest BCUT2D eigenvalue weighted by atomic mass is 10.1. The molecule has 0 bridgehead atoms. The minimum atomic E-state index is -3.32. The lowest BCUT2D eigenvalue weighted by molar-refractivity contribution is 0.104. The van der Waals surface area contributed by atoms with Crippen LogP contribution < -0.4 is 4.74 Å². The number of ether oxygens (including phenoxy) is 1. The van der Waals surface area contributed by atoms with Crippen molar-refractivity contribution in [3.63, 3.8) is 0 Å². The van der Waals surface area contributed by atoms with E-state index < -0.39 is 7.60 Å². The Kier molecular flexibility index (Phi) is 4.64. The van der Waals surface area contributed by atoms with Gasteiger partial charge in [0, 0.05) is 5.56 Å². The third-order valence-electron chi connectivity index (χ3n) is 3.31. The maximum absolute atomic E-state index is 12.5. The highest BCUT2D eigenvalue weighted by atomic mass is 32.1. The Balaban J connectivity index is 1.90. The first-order chi connectivity index (χ1) is 11.1. The highest BCUT2D eigenvalue weighted by molar-refractivity contribution is 7.53. The number of hydrogen-bond acceptors (Lipinski definition) is 7. The van der Waals surface area contributed by atoms with Crippen LogP contribution in [0.4, 0.5) is 0 Å². The molecule has 23 heavy (non-hydrogen) atoms.